The molecule has 2 N–H and O–H groups in total. The van der Waals surface area contributed by atoms with E-state index in [-0.39, 0.29) is 5.75 Å². The summed E-state index contributed by atoms with van der Waals surface area (Å²) in [6, 6.07) is 5.18. The molecule has 0 unspecified atom stereocenters. The van der Waals surface area contributed by atoms with Crippen LogP contribution in [-0.4, -0.2) is 10.8 Å². The van der Waals surface area contributed by atoms with E-state index < -0.39 is 0 Å². The number of fused-ring (bicyclic) bond motifs is 3. The summed E-state index contributed by atoms with van der Waals surface area (Å²) in [5.41, 5.74) is 5.98. The van der Waals surface area contributed by atoms with Gasteiger partial charge in [-0.2, -0.15) is 0 Å². The van der Waals surface area contributed by atoms with Crippen molar-refractivity contribution < 1.29 is 9.84 Å². The van der Waals surface area contributed by atoms with Gasteiger partial charge in [0.15, 0.2) is 0 Å². The lowest BCUT2D eigenvalue weighted by Gasteiger charge is -2.22. The molecule has 0 atom stereocenters. The first-order valence-electron chi connectivity index (χ1n) is 6.57. The van der Waals surface area contributed by atoms with Gasteiger partial charge in [0.25, 0.3) is 0 Å². The Morgan fingerprint density at radius 2 is 2.10 bits per heavy atom. The lowest BCUT2D eigenvalue weighted by atomic mass is 9.96. The summed E-state index contributed by atoms with van der Waals surface area (Å²) in [6.45, 7) is 2.06. The molecule has 1 aromatic carbocycles. The number of benzene rings is 1. The molecule has 0 bridgehead atoms. The maximum absolute atomic E-state index is 9.65. The van der Waals surface area contributed by atoms with Gasteiger partial charge in [0.2, 0.25) is 0 Å². The Kier molecular flexibility index (Phi) is 2.11. The van der Waals surface area contributed by atoms with Crippen molar-refractivity contribution in [3.8, 4) is 11.5 Å². The molecule has 1 aliphatic heterocycles. The van der Waals surface area contributed by atoms with Gasteiger partial charge in [-0.05, 0) is 54.5 Å². The molecule has 0 spiro atoms. The molecule has 4 rings (SSSR count). The molecule has 1 aromatic rings. The van der Waals surface area contributed by atoms with Crippen molar-refractivity contribution in [3.05, 3.63) is 64.5 Å². The molecule has 0 radical (unpaired) electrons. The van der Waals surface area contributed by atoms with Crippen LogP contribution in [-0.2, 0) is 0 Å². The molecule has 3 heteroatoms. The molecular weight excluding hydrogens is 250 g/mol. The molecule has 1 heterocycles. The van der Waals surface area contributed by atoms with Crippen LogP contribution in [0.1, 0.15) is 18.9 Å². The minimum absolute atomic E-state index is 0.250. The molecule has 98 valence electrons. The van der Waals surface area contributed by atoms with E-state index in [0.29, 0.717) is 5.71 Å². The third-order valence-corrected chi connectivity index (χ3v) is 4.02. The van der Waals surface area contributed by atoms with E-state index in [4.69, 9.17) is 10.1 Å². The van der Waals surface area contributed by atoms with Crippen LogP contribution in [0, 0.1) is 5.41 Å². The van der Waals surface area contributed by atoms with Crippen LogP contribution in [0.4, 0.5) is 0 Å². The number of phenolic OH excluding ortho intramolecular Hbond substituents is 1. The van der Waals surface area contributed by atoms with Gasteiger partial charge in [0.05, 0.1) is 5.71 Å². The van der Waals surface area contributed by atoms with Crippen LogP contribution in [0.2, 0.25) is 0 Å². The molecule has 0 amide bonds. The van der Waals surface area contributed by atoms with Crippen molar-refractivity contribution >= 4 is 11.3 Å². The minimum atomic E-state index is 0.250. The van der Waals surface area contributed by atoms with Gasteiger partial charge < -0.3 is 15.3 Å². The first-order chi connectivity index (χ1) is 9.63. The molecule has 2 aliphatic carbocycles. The molecule has 3 nitrogen and oxygen atoms in total. The quantitative estimate of drug-likeness (QED) is 0.749. The molecule has 0 saturated carbocycles. The highest BCUT2D eigenvalue weighted by atomic mass is 16.5. The first-order valence-corrected chi connectivity index (χ1v) is 6.57. The number of rotatable bonds is 0. The third kappa shape index (κ3) is 1.43. The largest absolute Gasteiger partial charge is 0.508 e. The number of phenols is 1. The topological polar surface area (TPSA) is 53.3 Å². The van der Waals surface area contributed by atoms with E-state index in [1.54, 1.807) is 24.3 Å². The Bertz CT molecular complexity index is 791. The summed E-state index contributed by atoms with van der Waals surface area (Å²) in [6.07, 6.45) is 6.43. The molecular formula is C17H13NO2. The molecule has 0 aromatic heterocycles. The summed E-state index contributed by atoms with van der Waals surface area (Å²) in [5.74, 6) is 1.93. The lowest BCUT2D eigenvalue weighted by molar-refractivity contribution is 0.425. The van der Waals surface area contributed by atoms with Crippen LogP contribution < -0.4 is 4.74 Å². The number of ether oxygens (including phenoxy) is 1. The van der Waals surface area contributed by atoms with Crippen molar-refractivity contribution in [1.29, 1.82) is 5.41 Å². The predicted molar refractivity (Wildman–Crippen MR) is 77.9 cm³/mol. The first kappa shape index (κ1) is 11.3. The van der Waals surface area contributed by atoms with Gasteiger partial charge in [-0.3, -0.25) is 0 Å². The van der Waals surface area contributed by atoms with Gasteiger partial charge in [-0.25, -0.2) is 0 Å². The molecule has 20 heavy (non-hydrogen) atoms. The summed E-state index contributed by atoms with van der Waals surface area (Å²) < 4.78 is 6.03. The zero-order chi connectivity index (χ0) is 13.9. The Balaban J connectivity index is 1.95. The van der Waals surface area contributed by atoms with Crippen LogP contribution in [0.15, 0.2) is 58.9 Å². The highest BCUT2D eigenvalue weighted by Crippen LogP contribution is 2.48. The van der Waals surface area contributed by atoms with E-state index in [1.807, 2.05) is 12.2 Å². The fourth-order valence-electron chi connectivity index (χ4n) is 2.99. The van der Waals surface area contributed by atoms with E-state index in [9.17, 15) is 5.11 Å². The van der Waals surface area contributed by atoms with Gasteiger partial charge >= 0.3 is 0 Å². The fourth-order valence-corrected chi connectivity index (χ4v) is 2.99. The van der Waals surface area contributed by atoms with E-state index >= 15 is 0 Å². The highest BCUT2D eigenvalue weighted by molar-refractivity contribution is 6.05. The van der Waals surface area contributed by atoms with Crippen LogP contribution in [0.25, 0.3) is 5.57 Å². The van der Waals surface area contributed by atoms with Crippen molar-refractivity contribution in [2.75, 3.05) is 0 Å². The number of aromatic hydroxyl groups is 1. The van der Waals surface area contributed by atoms with Crippen molar-refractivity contribution in [2.24, 2.45) is 0 Å². The average molecular weight is 263 g/mol. The second kappa shape index (κ2) is 3.73. The van der Waals surface area contributed by atoms with Crippen LogP contribution in [0.5, 0.6) is 11.5 Å². The van der Waals surface area contributed by atoms with Crippen molar-refractivity contribution in [1.82, 2.24) is 0 Å². The monoisotopic (exact) mass is 263 g/mol. The summed E-state index contributed by atoms with van der Waals surface area (Å²) in [4.78, 5) is 0. The average Bonchev–Trinajstić information content (AvgIpc) is 2.78. The van der Waals surface area contributed by atoms with Gasteiger partial charge in [0.1, 0.15) is 17.3 Å². The SMILES string of the molecule is CC1=C2CC3=CC(=N)C=CC3=C2Oc2ccc(O)cc21. The molecule has 0 fully saturated rings. The highest BCUT2D eigenvalue weighted by Gasteiger charge is 2.32. The summed E-state index contributed by atoms with van der Waals surface area (Å²) in [7, 11) is 0. The van der Waals surface area contributed by atoms with Gasteiger partial charge in [-0.1, -0.05) is 0 Å². The Morgan fingerprint density at radius 1 is 1.25 bits per heavy atom. The number of hydrogen-bond donors (Lipinski definition) is 2. The lowest BCUT2D eigenvalue weighted by Crippen LogP contribution is -2.06. The molecule has 3 aliphatic rings. The fraction of sp³-hybridized carbons (Fsp3) is 0.118. The minimum Gasteiger partial charge on any atom is -0.508 e. The zero-order valence-electron chi connectivity index (χ0n) is 11.0. The predicted octanol–water partition coefficient (Wildman–Crippen LogP) is 3.73. The summed E-state index contributed by atoms with van der Waals surface area (Å²) >= 11 is 0. The number of nitrogens with one attached hydrogen (secondary N) is 1. The Morgan fingerprint density at radius 3 is 2.95 bits per heavy atom. The van der Waals surface area contributed by atoms with Gasteiger partial charge in [-0.15, -0.1) is 0 Å². The van der Waals surface area contributed by atoms with Crippen LogP contribution in [0.3, 0.4) is 0 Å². The van der Waals surface area contributed by atoms with E-state index in [2.05, 4.69) is 6.92 Å². The van der Waals surface area contributed by atoms with E-state index in [1.165, 1.54) is 0 Å². The second-order valence-electron chi connectivity index (χ2n) is 5.26. The second-order valence-corrected chi connectivity index (χ2v) is 5.26. The normalized spacial score (nSPS) is 19.4. The number of hydrogen-bond acceptors (Lipinski definition) is 3. The zero-order valence-corrected chi connectivity index (χ0v) is 11.0. The number of allylic oxidation sites excluding steroid dienone is 7. The smallest absolute Gasteiger partial charge is 0.138 e. The Hall–Kier alpha value is -2.55. The van der Waals surface area contributed by atoms with Crippen LogP contribution >= 0.6 is 0 Å². The summed E-state index contributed by atoms with van der Waals surface area (Å²) in [5, 5.41) is 17.4. The van der Waals surface area contributed by atoms with Gasteiger partial charge in [0, 0.05) is 23.1 Å². The maximum Gasteiger partial charge on any atom is 0.138 e. The van der Waals surface area contributed by atoms with Crippen molar-refractivity contribution in [3.63, 3.8) is 0 Å². The standard InChI is InChI=1S/C17H13NO2/c1-9-14-8-12(19)3-5-16(14)20-17-13-4-2-11(18)6-10(13)7-15(9)17/h2-6,8,18-19H,7H2,1H3. The third-order valence-electron chi connectivity index (χ3n) is 4.02. The maximum atomic E-state index is 9.65. The van der Waals surface area contributed by atoms with Crippen molar-refractivity contribution in [2.45, 2.75) is 13.3 Å². The Labute approximate surface area is 116 Å². The van der Waals surface area contributed by atoms with E-state index in [0.717, 1.165) is 45.8 Å². The molecule has 0 saturated heterocycles.